The molecule has 0 N–H and O–H groups in total. The average molecular weight is 338 g/mol. The number of allylic oxidation sites excluding steroid dienone is 1. The lowest BCUT2D eigenvalue weighted by molar-refractivity contribution is 0.339. The van der Waals surface area contributed by atoms with E-state index >= 15 is 0 Å². The maximum Gasteiger partial charge on any atom is 0.156 e. The monoisotopic (exact) mass is 338 g/mol. The molecule has 0 atom stereocenters. The van der Waals surface area contributed by atoms with Crippen LogP contribution in [0.5, 0.6) is 5.75 Å². The van der Waals surface area contributed by atoms with Crippen molar-refractivity contribution < 1.29 is 4.74 Å². The molecule has 0 radical (unpaired) electrons. The minimum Gasteiger partial charge on any atom is -0.493 e. The largest absolute Gasteiger partial charge is 0.493 e. The predicted molar refractivity (Wildman–Crippen MR) is 96.7 cm³/mol. The Labute approximate surface area is 143 Å². The minimum atomic E-state index is 0.594. The second kappa shape index (κ2) is 7.32. The lowest BCUT2D eigenvalue weighted by Gasteiger charge is -2.06. The molecule has 0 fully saturated rings. The van der Waals surface area contributed by atoms with Crippen LogP contribution in [0.3, 0.4) is 0 Å². The van der Waals surface area contributed by atoms with Gasteiger partial charge < -0.3 is 4.74 Å². The van der Waals surface area contributed by atoms with Crippen LogP contribution < -0.4 is 4.74 Å². The number of para-hydroxylation sites is 2. The molecule has 0 bridgehead atoms. The third kappa shape index (κ3) is 3.73. The average Bonchev–Trinajstić information content (AvgIpc) is 2.98. The molecule has 3 nitrogen and oxygen atoms in total. The fourth-order valence-corrected chi connectivity index (χ4v) is 4.07. The van der Waals surface area contributed by atoms with Gasteiger partial charge >= 0.3 is 0 Å². The molecule has 0 unspecified atom stereocenters. The molecule has 0 aliphatic heterocycles. The zero-order chi connectivity index (χ0) is 16.1. The molecule has 0 saturated heterocycles. The fraction of sp³-hybridized carbons (Fsp3) is 0.111. The van der Waals surface area contributed by atoms with Crippen molar-refractivity contribution in [3.8, 4) is 11.8 Å². The van der Waals surface area contributed by atoms with Crippen LogP contribution >= 0.6 is 23.1 Å². The predicted octanol–water partition coefficient (Wildman–Crippen LogP) is 5.35. The van der Waals surface area contributed by atoms with E-state index in [2.05, 4.69) is 11.1 Å². The first-order valence-corrected chi connectivity index (χ1v) is 8.80. The molecular weight excluding hydrogens is 324 g/mol. The number of thiazole rings is 1. The Morgan fingerprint density at radius 2 is 2.04 bits per heavy atom. The van der Waals surface area contributed by atoms with Gasteiger partial charge in [-0.1, -0.05) is 30.3 Å². The van der Waals surface area contributed by atoms with Crippen molar-refractivity contribution in [2.45, 2.75) is 11.3 Å². The Bertz CT molecular complexity index is 860. The van der Waals surface area contributed by atoms with Gasteiger partial charge in [0, 0.05) is 5.56 Å². The summed E-state index contributed by atoms with van der Waals surface area (Å²) in [7, 11) is 0. The lowest BCUT2D eigenvalue weighted by atomic mass is 10.2. The number of benzene rings is 2. The summed E-state index contributed by atoms with van der Waals surface area (Å²) in [5, 5.41) is 9.44. The van der Waals surface area contributed by atoms with E-state index in [9.17, 15) is 5.26 Å². The molecule has 0 aliphatic carbocycles. The number of fused-ring (bicyclic) bond motifs is 1. The maximum atomic E-state index is 9.44. The van der Waals surface area contributed by atoms with E-state index in [-0.39, 0.29) is 0 Å². The number of ether oxygens (including phenoxy) is 1. The van der Waals surface area contributed by atoms with Crippen molar-refractivity contribution in [1.29, 1.82) is 5.26 Å². The molecule has 3 aromatic rings. The topological polar surface area (TPSA) is 45.9 Å². The van der Waals surface area contributed by atoms with Crippen molar-refractivity contribution in [1.82, 2.24) is 4.98 Å². The van der Waals surface area contributed by atoms with E-state index in [1.54, 1.807) is 11.3 Å². The number of aromatic nitrogens is 1. The van der Waals surface area contributed by atoms with Gasteiger partial charge in [0.15, 0.2) is 4.34 Å². The Hall–Kier alpha value is -2.29. The number of nitriles is 1. The zero-order valence-corrected chi connectivity index (χ0v) is 14.2. The molecule has 1 aromatic heterocycles. The van der Waals surface area contributed by atoms with Crippen molar-refractivity contribution in [2.24, 2.45) is 0 Å². The second-order valence-corrected chi connectivity index (χ2v) is 6.96. The highest BCUT2D eigenvalue weighted by Gasteiger charge is 2.08. The van der Waals surface area contributed by atoms with Gasteiger partial charge in [0.1, 0.15) is 11.8 Å². The van der Waals surface area contributed by atoms with E-state index in [1.165, 1.54) is 11.8 Å². The van der Waals surface area contributed by atoms with Crippen LogP contribution in [0.2, 0.25) is 0 Å². The Morgan fingerprint density at radius 3 is 2.83 bits per heavy atom. The third-order valence-electron chi connectivity index (χ3n) is 3.09. The van der Waals surface area contributed by atoms with Gasteiger partial charge in [0.2, 0.25) is 0 Å². The summed E-state index contributed by atoms with van der Waals surface area (Å²) in [5.41, 5.74) is 1.87. The number of rotatable bonds is 5. The van der Waals surface area contributed by atoms with Gasteiger partial charge in [-0.05, 0) is 43.0 Å². The van der Waals surface area contributed by atoms with Crippen LogP contribution in [-0.2, 0) is 0 Å². The fourth-order valence-electron chi connectivity index (χ4n) is 2.10. The number of hydrogen-bond donors (Lipinski definition) is 0. The van der Waals surface area contributed by atoms with E-state index in [1.807, 2.05) is 61.5 Å². The molecule has 0 aliphatic rings. The number of thioether (sulfide) groups is 1. The summed E-state index contributed by atoms with van der Waals surface area (Å²) in [6.07, 6.45) is 1.85. The molecule has 3 rings (SSSR count). The van der Waals surface area contributed by atoms with Crippen molar-refractivity contribution in [3.63, 3.8) is 0 Å². The highest BCUT2D eigenvalue weighted by atomic mass is 32.2. The summed E-state index contributed by atoms with van der Waals surface area (Å²) >= 11 is 2.98. The van der Waals surface area contributed by atoms with Crippen LogP contribution in [0.1, 0.15) is 12.5 Å². The van der Waals surface area contributed by atoms with Gasteiger partial charge in [-0.15, -0.1) is 11.3 Å². The molecule has 0 amide bonds. The molecule has 2 aromatic carbocycles. The highest BCUT2D eigenvalue weighted by Crippen LogP contribution is 2.35. The van der Waals surface area contributed by atoms with Gasteiger partial charge in [-0.2, -0.15) is 5.26 Å². The van der Waals surface area contributed by atoms with E-state index in [0.717, 1.165) is 25.9 Å². The third-order valence-corrected chi connectivity index (χ3v) is 5.11. The standard InChI is InChI=1S/C18H14N2OS2/c1-2-21-16-9-5-3-7-13(16)11-14(12-19)22-18-20-15-8-4-6-10-17(15)23-18/h3-11H,2H2,1H3. The summed E-state index contributed by atoms with van der Waals surface area (Å²) < 4.78 is 7.60. The number of hydrogen-bond acceptors (Lipinski definition) is 5. The van der Waals surface area contributed by atoms with Crippen LogP contribution in [0.25, 0.3) is 16.3 Å². The van der Waals surface area contributed by atoms with Crippen molar-refractivity contribution >= 4 is 39.4 Å². The van der Waals surface area contributed by atoms with E-state index < -0.39 is 0 Å². The van der Waals surface area contributed by atoms with Gasteiger partial charge in [-0.3, -0.25) is 0 Å². The quantitative estimate of drug-likeness (QED) is 0.464. The molecule has 0 spiro atoms. The van der Waals surface area contributed by atoms with E-state index in [0.29, 0.717) is 11.5 Å². The van der Waals surface area contributed by atoms with Crippen molar-refractivity contribution in [2.75, 3.05) is 6.61 Å². The first kappa shape index (κ1) is 15.6. The van der Waals surface area contributed by atoms with Gasteiger partial charge in [0.05, 0.1) is 21.7 Å². The summed E-state index contributed by atoms with van der Waals surface area (Å²) in [6, 6.07) is 17.9. The van der Waals surface area contributed by atoms with Gasteiger partial charge in [0.25, 0.3) is 0 Å². The molecule has 23 heavy (non-hydrogen) atoms. The van der Waals surface area contributed by atoms with E-state index in [4.69, 9.17) is 4.74 Å². The van der Waals surface area contributed by atoms with Crippen LogP contribution in [0, 0.1) is 11.3 Å². The molecular formula is C18H14N2OS2. The van der Waals surface area contributed by atoms with Gasteiger partial charge in [-0.25, -0.2) is 4.98 Å². The molecule has 114 valence electrons. The maximum absolute atomic E-state index is 9.44. The number of nitrogens with zero attached hydrogens (tertiary/aromatic N) is 2. The zero-order valence-electron chi connectivity index (χ0n) is 12.5. The first-order valence-electron chi connectivity index (χ1n) is 7.17. The first-order chi connectivity index (χ1) is 11.3. The highest BCUT2D eigenvalue weighted by molar-refractivity contribution is 8.05. The second-order valence-electron chi connectivity index (χ2n) is 4.64. The minimum absolute atomic E-state index is 0.594. The van der Waals surface area contributed by atoms with Crippen molar-refractivity contribution in [3.05, 3.63) is 59.0 Å². The Kier molecular flexibility index (Phi) is 4.96. The smallest absolute Gasteiger partial charge is 0.156 e. The Morgan fingerprint density at radius 1 is 1.26 bits per heavy atom. The van der Waals surface area contributed by atoms with Crippen LogP contribution in [-0.4, -0.2) is 11.6 Å². The summed E-state index contributed by atoms with van der Waals surface area (Å²) in [6.45, 7) is 2.54. The SMILES string of the molecule is CCOc1ccccc1C=C(C#N)Sc1nc2ccccc2s1. The molecule has 1 heterocycles. The lowest BCUT2D eigenvalue weighted by Crippen LogP contribution is -1.93. The molecule has 0 saturated carbocycles. The normalized spacial score (nSPS) is 11.4. The summed E-state index contributed by atoms with van der Waals surface area (Å²) in [5.74, 6) is 0.785. The van der Waals surface area contributed by atoms with Crippen LogP contribution in [0.15, 0.2) is 57.8 Å². The Balaban J connectivity index is 1.89. The molecule has 5 heteroatoms. The van der Waals surface area contributed by atoms with Crippen LogP contribution in [0.4, 0.5) is 0 Å². The summed E-state index contributed by atoms with van der Waals surface area (Å²) in [4.78, 5) is 5.15.